The first-order chi connectivity index (χ1) is 16.3. The zero-order valence-electron chi connectivity index (χ0n) is 19.3. The highest BCUT2D eigenvalue weighted by atomic mass is 35.5. The predicted molar refractivity (Wildman–Crippen MR) is 133 cm³/mol. The number of benzene rings is 1. The lowest BCUT2D eigenvalue weighted by atomic mass is 9.80. The number of carboxylic acids is 1. The minimum Gasteiger partial charge on any atom is -0.480 e. The number of halogens is 2. The summed E-state index contributed by atoms with van der Waals surface area (Å²) < 4.78 is 1.89. The van der Waals surface area contributed by atoms with Gasteiger partial charge in [-0.2, -0.15) is 5.10 Å². The number of hydrogen-bond acceptors (Lipinski definition) is 6. The fourth-order valence-corrected chi connectivity index (χ4v) is 5.81. The summed E-state index contributed by atoms with van der Waals surface area (Å²) in [6.45, 7) is 7.68. The van der Waals surface area contributed by atoms with Gasteiger partial charge in [0.2, 0.25) is 0 Å². The molecule has 0 bridgehead atoms. The molecule has 5 rings (SSSR count). The topological polar surface area (TPSA) is 87.4 Å². The van der Waals surface area contributed by atoms with Gasteiger partial charge in [-0.1, -0.05) is 29.3 Å². The van der Waals surface area contributed by atoms with Crippen molar-refractivity contribution in [1.29, 1.82) is 0 Å². The molecule has 2 aliphatic rings. The maximum atomic E-state index is 11.1. The molecule has 1 aromatic carbocycles. The Hall–Kier alpha value is -2.42. The van der Waals surface area contributed by atoms with Gasteiger partial charge in [-0.3, -0.25) is 9.69 Å². The number of fused-ring (bicyclic) bond motifs is 1. The molecule has 0 aliphatic carbocycles. The highest BCUT2D eigenvalue weighted by Crippen LogP contribution is 2.35. The zero-order chi connectivity index (χ0) is 24.0. The van der Waals surface area contributed by atoms with Gasteiger partial charge < -0.3 is 10.0 Å². The van der Waals surface area contributed by atoms with E-state index in [-0.39, 0.29) is 12.6 Å². The second-order valence-electron chi connectivity index (χ2n) is 9.47. The standard InChI is InChI=1S/C24H28Cl2N6O2/c1-14-23-24(32(29-14)15(2)19-6-5-18(25)8-20(19)26)28-21(9-27-23)31-11-17(12-31)16-4-3-7-30(10-16)13-22(33)34/h5-6,8-9,15-17H,3-4,7,10-13H2,1-2H3,(H,33,34). The molecule has 2 saturated heterocycles. The number of carbonyl (C=O) groups is 1. The van der Waals surface area contributed by atoms with Crippen LogP contribution in [0.3, 0.4) is 0 Å². The number of nitrogens with zero attached hydrogens (tertiary/aromatic N) is 6. The molecule has 10 heteroatoms. The first-order valence-corrected chi connectivity index (χ1v) is 12.4. The number of likely N-dealkylation sites (tertiary alicyclic amines) is 1. The van der Waals surface area contributed by atoms with Crippen molar-refractivity contribution in [2.45, 2.75) is 32.7 Å². The van der Waals surface area contributed by atoms with Crippen molar-refractivity contribution in [1.82, 2.24) is 24.6 Å². The van der Waals surface area contributed by atoms with Crippen molar-refractivity contribution in [3.05, 3.63) is 45.7 Å². The number of carboxylic acid groups (broad SMARTS) is 1. The quantitative estimate of drug-likeness (QED) is 0.537. The van der Waals surface area contributed by atoms with Crippen LogP contribution in [0.15, 0.2) is 24.4 Å². The van der Waals surface area contributed by atoms with E-state index in [4.69, 9.17) is 38.4 Å². The first-order valence-electron chi connectivity index (χ1n) is 11.7. The number of rotatable bonds is 6. The van der Waals surface area contributed by atoms with Gasteiger partial charge in [0.05, 0.1) is 24.5 Å². The molecule has 2 aromatic heterocycles. The molecule has 0 spiro atoms. The molecule has 2 unspecified atom stereocenters. The fraction of sp³-hybridized carbons (Fsp3) is 0.500. The van der Waals surface area contributed by atoms with Crippen LogP contribution >= 0.6 is 23.2 Å². The Labute approximate surface area is 208 Å². The molecule has 0 saturated carbocycles. The van der Waals surface area contributed by atoms with E-state index >= 15 is 0 Å². The van der Waals surface area contributed by atoms with E-state index in [2.05, 4.69) is 14.8 Å². The van der Waals surface area contributed by atoms with E-state index in [1.54, 1.807) is 6.07 Å². The molecular formula is C24H28Cl2N6O2. The van der Waals surface area contributed by atoms with E-state index in [1.165, 1.54) is 0 Å². The second kappa shape index (κ2) is 9.32. The second-order valence-corrected chi connectivity index (χ2v) is 10.3. The summed E-state index contributed by atoms with van der Waals surface area (Å²) in [4.78, 5) is 25.0. The van der Waals surface area contributed by atoms with Crippen molar-refractivity contribution in [2.24, 2.45) is 11.8 Å². The minimum atomic E-state index is -0.750. The van der Waals surface area contributed by atoms with E-state index in [0.29, 0.717) is 21.9 Å². The van der Waals surface area contributed by atoms with Gasteiger partial charge in [-0.25, -0.2) is 14.6 Å². The highest BCUT2D eigenvalue weighted by molar-refractivity contribution is 6.35. The average Bonchev–Trinajstić information content (AvgIpc) is 3.08. The molecule has 0 amide bonds. The number of anilines is 1. The molecule has 8 nitrogen and oxygen atoms in total. The molecule has 0 radical (unpaired) electrons. The average molecular weight is 503 g/mol. The van der Waals surface area contributed by atoms with E-state index < -0.39 is 5.97 Å². The lowest BCUT2D eigenvalue weighted by Crippen LogP contribution is -2.54. The molecule has 4 heterocycles. The van der Waals surface area contributed by atoms with Crippen LogP contribution in [0.25, 0.3) is 11.2 Å². The van der Waals surface area contributed by atoms with Crippen LogP contribution in [-0.2, 0) is 4.79 Å². The van der Waals surface area contributed by atoms with Gasteiger partial charge in [0, 0.05) is 29.7 Å². The third kappa shape index (κ3) is 4.46. The number of aromatic nitrogens is 4. The summed E-state index contributed by atoms with van der Waals surface area (Å²) in [7, 11) is 0. The van der Waals surface area contributed by atoms with Crippen LogP contribution < -0.4 is 4.90 Å². The van der Waals surface area contributed by atoms with Crippen molar-refractivity contribution in [3.63, 3.8) is 0 Å². The fourth-order valence-electron chi connectivity index (χ4n) is 5.24. The SMILES string of the molecule is Cc1nn(C(C)c2ccc(Cl)cc2Cl)c2nc(N3CC(C4CCCN(CC(=O)O)C4)C3)cnc12. The van der Waals surface area contributed by atoms with Gasteiger partial charge in [-0.15, -0.1) is 0 Å². The normalized spacial score (nSPS) is 20.5. The number of aliphatic carboxylic acids is 1. The predicted octanol–water partition coefficient (Wildman–Crippen LogP) is 4.28. The Balaban J connectivity index is 1.33. The Morgan fingerprint density at radius 2 is 2.03 bits per heavy atom. The molecule has 2 atom stereocenters. The molecule has 34 heavy (non-hydrogen) atoms. The number of hydrogen-bond donors (Lipinski definition) is 1. The number of aryl methyl sites for hydroxylation is 1. The van der Waals surface area contributed by atoms with Crippen molar-refractivity contribution < 1.29 is 9.90 Å². The molecule has 2 aliphatic heterocycles. The molecule has 1 N–H and O–H groups in total. The van der Waals surface area contributed by atoms with Gasteiger partial charge in [0.1, 0.15) is 11.3 Å². The Morgan fingerprint density at radius 3 is 2.76 bits per heavy atom. The van der Waals surface area contributed by atoms with Gasteiger partial charge >= 0.3 is 5.97 Å². The van der Waals surface area contributed by atoms with Crippen LogP contribution in [0.5, 0.6) is 0 Å². The largest absolute Gasteiger partial charge is 0.480 e. The Morgan fingerprint density at radius 1 is 1.24 bits per heavy atom. The summed E-state index contributed by atoms with van der Waals surface area (Å²) in [5, 5.41) is 15.0. The third-order valence-corrected chi connectivity index (χ3v) is 7.70. The number of piperidine rings is 1. The zero-order valence-corrected chi connectivity index (χ0v) is 20.8. The molecule has 3 aromatic rings. The summed E-state index contributed by atoms with van der Waals surface area (Å²) in [5.41, 5.74) is 3.28. The van der Waals surface area contributed by atoms with E-state index in [0.717, 1.165) is 67.3 Å². The maximum absolute atomic E-state index is 11.1. The van der Waals surface area contributed by atoms with E-state index in [1.807, 2.05) is 36.9 Å². The van der Waals surface area contributed by atoms with Gasteiger partial charge in [0.15, 0.2) is 5.65 Å². The lowest BCUT2D eigenvalue weighted by Gasteiger charge is -2.46. The summed E-state index contributed by atoms with van der Waals surface area (Å²) >= 11 is 12.5. The lowest BCUT2D eigenvalue weighted by molar-refractivity contribution is -0.138. The maximum Gasteiger partial charge on any atom is 0.317 e. The highest BCUT2D eigenvalue weighted by Gasteiger charge is 2.37. The monoisotopic (exact) mass is 502 g/mol. The first kappa shape index (κ1) is 23.3. The molecule has 2 fully saturated rings. The van der Waals surface area contributed by atoms with Crippen molar-refractivity contribution in [3.8, 4) is 0 Å². The van der Waals surface area contributed by atoms with Crippen LogP contribution in [0.1, 0.15) is 37.1 Å². The van der Waals surface area contributed by atoms with Crippen molar-refractivity contribution in [2.75, 3.05) is 37.6 Å². The van der Waals surface area contributed by atoms with Crippen LogP contribution in [0.2, 0.25) is 10.0 Å². The van der Waals surface area contributed by atoms with Crippen LogP contribution in [0, 0.1) is 18.8 Å². The van der Waals surface area contributed by atoms with Crippen LogP contribution in [-0.4, -0.2) is 68.4 Å². The van der Waals surface area contributed by atoms with E-state index in [9.17, 15) is 4.79 Å². The Kier molecular flexibility index (Phi) is 6.39. The Bertz CT molecular complexity index is 1230. The minimum absolute atomic E-state index is 0.128. The smallest absolute Gasteiger partial charge is 0.317 e. The third-order valence-electron chi connectivity index (χ3n) is 7.14. The summed E-state index contributed by atoms with van der Waals surface area (Å²) in [6.07, 6.45) is 4.05. The van der Waals surface area contributed by atoms with Crippen LogP contribution in [0.4, 0.5) is 5.82 Å². The summed E-state index contributed by atoms with van der Waals surface area (Å²) in [5.74, 6) is 1.17. The molecular weight excluding hydrogens is 475 g/mol. The molecule has 180 valence electrons. The summed E-state index contributed by atoms with van der Waals surface area (Å²) in [6, 6.07) is 5.37. The van der Waals surface area contributed by atoms with Gasteiger partial charge in [-0.05, 0) is 62.8 Å². The van der Waals surface area contributed by atoms with Crippen molar-refractivity contribution >= 4 is 46.2 Å². The van der Waals surface area contributed by atoms with Gasteiger partial charge in [0.25, 0.3) is 0 Å².